The molecular formula is C13H15NO2. The second-order valence-corrected chi connectivity index (χ2v) is 3.97. The Hall–Kier alpha value is -1.61. The van der Waals surface area contributed by atoms with Crippen molar-refractivity contribution in [3.05, 3.63) is 48.0 Å². The van der Waals surface area contributed by atoms with Gasteiger partial charge in [0.15, 0.2) is 0 Å². The van der Waals surface area contributed by atoms with E-state index in [0.29, 0.717) is 13.0 Å². The topological polar surface area (TPSA) is 38.3 Å². The Balaban J connectivity index is 2.35. The highest BCUT2D eigenvalue weighted by Gasteiger charge is 2.39. The molecule has 1 heterocycles. The van der Waals surface area contributed by atoms with Gasteiger partial charge in [0, 0.05) is 13.0 Å². The zero-order valence-corrected chi connectivity index (χ0v) is 9.32. The fourth-order valence-corrected chi connectivity index (χ4v) is 2.07. The summed E-state index contributed by atoms with van der Waals surface area (Å²) in [5.41, 5.74) is 1.62. The van der Waals surface area contributed by atoms with Gasteiger partial charge >= 0.3 is 5.97 Å². The average Bonchev–Trinajstić information content (AvgIpc) is 2.37. The Morgan fingerprint density at radius 1 is 1.50 bits per heavy atom. The van der Waals surface area contributed by atoms with E-state index in [0.717, 1.165) is 0 Å². The van der Waals surface area contributed by atoms with Crippen LogP contribution in [0.2, 0.25) is 0 Å². The first kappa shape index (κ1) is 10.9. The first-order valence-corrected chi connectivity index (χ1v) is 5.25. The molecule has 0 aliphatic carbocycles. The summed E-state index contributed by atoms with van der Waals surface area (Å²) in [5, 5.41) is 3.20. The van der Waals surface area contributed by atoms with Crippen LogP contribution in [0, 0.1) is 0 Å². The van der Waals surface area contributed by atoms with Crippen molar-refractivity contribution in [2.24, 2.45) is 0 Å². The standard InChI is InChI=1S/C13H15NO2/c1-3-13(12(15)16-2)8-10-6-4-5-7-11(10)9-14-13/h3-7,14H,1,8-9H2,2H3/t13-/m1/s1. The maximum Gasteiger partial charge on any atom is 0.330 e. The first-order valence-electron chi connectivity index (χ1n) is 5.25. The summed E-state index contributed by atoms with van der Waals surface area (Å²) in [6.45, 7) is 4.40. The molecule has 16 heavy (non-hydrogen) atoms. The molecule has 1 atom stereocenters. The molecule has 2 rings (SSSR count). The normalized spacial score (nSPS) is 23.3. The van der Waals surface area contributed by atoms with E-state index in [4.69, 9.17) is 4.74 Å². The van der Waals surface area contributed by atoms with Gasteiger partial charge < -0.3 is 4.74 Å². The van der Waals surface area contributed by atoms with Crippen molar-refractivity contribution in [1.29, 1.82) is 0 Å². The van der Waals surface area contributed by atoms with Crippen LogP contribution < -0.4 is 5.32 Å². The summed E-state index contributed by atoms with van der Waals surface area (Å²) in [6.07, 6.45) is 2.23. The van der Waals surface area contributed by atoms with Crippen molar-refractivity contribution in [1.82, 2.24) is 5.32 Å². The molecule has 0 aromatic heterocycles. The van der Waals surface area contributed by atoms with E-state index < -0.39 is 5.54 Å². The molecule has 0 saturated heterocycles. The van der Waals surface area contributed by atoms with Crippen LogP contribution in [0.25, 0.3) is 0 Å². The van der Waals surface area contributed by atoms with E-state index in [1.54, 1.807) is 6.08 Å². The Kier molecular flexibility index (Phi) is 2.79. The highest BCUT2D eigenvalue weighted by Crippen LogP contribution is 2.25. The summed E-state index contributed by atoms with van der Waals surface area (Å²) >= 11 is 0. The molecule has 1 aromatic carbocycles. The Bertz CT molecular complexity index is 428. The van der Waals surface area contributed by atoms with Gasteiger partial charge in [-0.15, -0.1) is 6.58 Å². The lowest BCUT2D eigenvalue weighted by molar-refractivity contribution is -0.146. The van der Waals surface area contributed by atoms with Gasteiger partial charge in [0.2, 0.25) is 0 Å². The Morgan fingerprint density at radius 2 is 2.19 bits per heavy atom. The molecule has 3 heteroatoms. The highest BCUT2D eigenvalue weighted by atomic mass is 16.5. The number of hydrogen-bond donors (Lipinski definition) is 1. The van der Waals surface area contributed by atoms with Gasteiger partial charge in [-0.25, -0.2) is 4.79 Å². The predicted octanol–water partition coefficient (Wildman–Crippen LogP) is 1.43. The number of rotatable bonds is 2. The maximum absolute atomic E-state index is 11.8. The molecule has 0 fully saturated rings. The molecule has 0 unspecified atom stereocenters. The third kappa shape index (κ3) is 1.63. The summed E-state index contributed by atoms with van der Waals surface area (Å²) in [6, 6.07) is 8.08. The van der Waals surface area contributed by atoms with Crippen molar-refractivity contribution >= 4 is 5.97 Å². The van der Waals surface area contributed by atoms with Crippen LogP contribution in [-0.2, 0) is 22.5 Å². The van der Waals surface area contributed by atoms with Crippen molar-refractivity contribution in [2.75, 3.05) is 7.11 Å². The molecule has 1 aromatic rings. The molecule has 0 spiro atoms. The first-order chi connectivity index (χ1) is 7.72. The van der Waals surface area contributed by atoms with Crippen LogP contribution in [0.4, 0.5) is 0 Å². The molecule has 1 aliphatic rings. The molecule has 84 valence electrons. The number of carbonyl (C=O) groups is 1. The van der Waals surface area contributed by atoms with Crippen molar-refractivity contribution in [3.8, 4) is 0 Å². The molecular weight excluding hydrogens is 202 g/mol. The second-order valence-electron chi connectivity index (χ2n) is 3.97. The molecule has 0 amide bonds. The minimum atomic E-state index is -0.775. The van der Waals surface area contributed by atoms with E-state index in [2.05, 4.69) is 18.0 Å². The zero-order valence-electron chi connectivity index (χ0n) is 9.32. The fourth-order valence-electron chi connectivity index (χ4n) is 2.07. The van der Waals surface area contributed by atoms with E-state index >= 15 is 0 Å². The van der Waals surface area contributed by atoms with Crippen LogP contribution in [0.15, 0.2) is 36.9 Å². The highest BCUT2D eigenvalue weighted by molar-refractivity contribution is 5.84. The van der Waals surface area contributed by atoms with Gasteiger partial charge in [0.05, 0.1) is 7.11 Å². The number of methoxy groups -OCH3 is 1. The maximum atomic E-state index is 11.8. The number of ether oxygens (including phenoxy) is 1. The lowest BCUT2D eigenvalue weighted by Crippen LogP contribution is -2.54. The lowest BCUT2D eigenvalue weighted by atomic mass is 9.85. The van der Waals surface area contributed by atoms with Gasteiger partial charge in [-0.2, -0.15) is 0 Å². The van der Waals surface area contributed by atoms with Gasteiger partial charge in [-0.1, -0.05) is 30.3 Å². The van der Waals surface area contributed by atoms with E-state index in [9.17, 15) is 4.79 Å². The largest absolute Gasteiger partial charge is 0.467 e. The fraction of sp³-hybridized carbons (Fsp3) is 0.308. The summed E-state index contributed by atoms with van der Waals surface area (Å²) in [4.78, 5) is 11.8. The number of nitrogens with one attached hydrogen (secondary N) is 1. The zero-order chi connectivity index (χ0) is 11.6. The molecule has 3 nitrogen and oxygen atoms in total. The third-order valence-corrected chi connectivity index (χ3v) is 3.08. The van der Waals surface area contributed by atoms with Crippen LogP contribution in [0.1, 0.15) is 11.1 Å². The Morgan fingerprint density at radius 3 is 2.81 bits per heavy atom. The van der Waals surface area contributed by atoms with Crippen LogP contribution in [-0.4, -0.2) is 18.6 Å². The van der Waals surface area contributed by atoms with E-state index in [1.807, 2.05) is 18.2 Å². The third-order valence-electron chi connectivity index (χ3n) is 3.08. The van der Waals surface area contributed by atoms with Crippen molar-refractivity contribution < 1.29 is 9.53 Å². The van der Waals surface area contributed by atoms with Crippen molar-refractivity contribution in [2.45, 2.75) is 18.5 Å². The SMILES string of the molecule is C=C[C@]1(C(=O)OC)Cc2ccccc2CN1. The summed E-state index contributed by atoms with van der Waals surface area (Å²) < 4.78 is 4.83. The molecule has 0 saturated carbocycles. The smallest absolute Gasteiger partial charge is 0.330 e. The number of carbonyl (C=O) groups excluding carboxylic acids is 1. The summed E-state index contributed by atoms with van der Waals surface area (Å²) in [7, 11) is 1.40. The number of esters is 1. The predicted molar refractivity (Wildman–Crippen MR) is 61.9 cm³/mol. The minimum absolute atomic E-state index is 0.281. The molecule has 0 radical (unpaired) electrons. The number of fused-ring (bicyclic) bond motifs is 1. The number of benzene rings is 1. The molecule has 0 bridgehead atoms. The van der Waals surface area contributed by atoms with Gasteiger partial charge in [-0.05, 0) is 11.1 Å². The minimum Gasteiger partial charge on any atom is -0.467 e. The summed E-state index contributed by atoms with van der Waals surface area (Å²) in [5.74, 6) is -0.281. The van der Waals surface area contributed by atoms with Gasteiger partial charge in [0.1, 0.15) is 5.54 Å². The van der Waals surface area contributed by atoms with Crippen LogP contribution >= 0.6 is 0 Å². The van der Waals surface area contributed by atoms with E-state index in [-0.39, 0.29) is 5.97 Å². The molecule has 1 N–H and O–H groups in total. The number of hydrogen-bond acceptors (Lipinski definition) is 3. The van der Waals surface area contributed by atoms with Crippen molar-refractivity contribution in [3.63, 3.8) is 0 Å². The van der Waals surface area contributed by atoms with Crippen LogP contribution in [0.3, 0.4) is 0 Å². The quantitative estimate of drug-likeness (QED) is 0.601. The Labute approximate surface area is 95.1 Å². The van der Waals surface area contributed by atoms with Gasteiger partial charge in [0.25, 0.3) is 0 Å². The molecule has 1 aliphatic heterocycles. The monoisotopic (exact) mass is 217 g/mol. The van der Waals surface area contributed by atoms with Crippen LogP contribution in [0.5, 0.6) is 0 Å². The second kappa shape index (κ2) is 4.10. The lowest BCUT2D eigenvalue weighted by Gasteiger charge is -2.34. The average molecular weight is 217 g/mol. The van der Waals surface area contributed by atoms with E-state index in [1.165, 1.54) is 18.2 Å². The van der Waals surface area contributed by atoms with Gasteiger partial charge in [-0.3, -0.25) is 5.32 Å².